The monoisotopic (exact) mass is 423 g/mol. The van der Waals surface area contributed by atoms with E-state index in [2.05, 4.69) is 15.0 Å². The molecule has 8 nitrogen and oxygen atoms in total. The van der Waals surface area contributed by atoms with Crippen molar-refractivity contribution in [1.29, 1.82) is 0 Å². The van der Waals surface area contributed by atoms with Crippen LogP contribution in [-0.2, 0) is 6.54 Å². The molecular formula is C22H22FN5O3. The molecule has 0 unspecified atom stereocenters. The summed E-state index contributed by atoms with van der Waals surface area (Å²) in [5.74, 6) is -0.225. The number of hydrogen-bond donors (Lipinski definition) is 0. The number of benzene rings is 1. The molecule has 0 radical (unpaired) electrons. The van der Waals surface area contributed by atoms with Crippen LogP contribution in [0.3, 0.4) is 0 Å². The molecule has 0 bridgehead atoms. The highest BCUT2D eigenvalue weighted by Gasteiger charge is 2.23. The van der Waals surface area contributed by atoms with Crippen molar-refractivity contribution in [2.45, 2.75) is 13.5 Å². The van der Waals surface area contributed by atoms with Crippen molar-refractivity contribution in [2.75, 3.05) is 26.2 Å². The van der Waals surface area contributed by atoms with E-state index in [4.69, 9.17) is 4.74 Å². The second kappa shape index (κ2) is 9.05. The van der Waals surface area contributed by atoms with Crippen molar-refractivity contribution in [3.63, 3.8) is 0 Å². The fourth-order valence-corrected chi connectivity index (χ4v) is 3.38. The number of pyridine rings is 1. The maximum Gasteiger partial charge on any atom is 0.344 e. The largest absolute Gasteiger partial charge is 0.436 e. The van der Waals surface area contributed by atoms with E-state index >= 15 is 0 Å². The van der Waals surface area contributed by atoms with Gasteiger partial charge in [0.2, 0.25) is 0 Å². The van der Waals surface area contributed by atoms with Crippen molar-refractivity contribution in [3.05, 3.63) is 71.9 Å². The van der Waals surface area contributed by atoms with E-state index in [1.807, 2.05) is 18.2 Å². The molecule has 3 aromatic rings. The molecule has 2 aromatic heterocycles. The van der Waals surface area contributed by atoms with Gasteiger partial charge in [0.1, 0.15) is 11.4 Å². The molecule has 0 atom stereocenters. The highest BCUT2D eigenvalue weighted by Crippen LogP contribution is 2.23. The number of nitrogens with zero attached hydrogens (tertiary/aromatic N) is 5. The zero-order valence-electron chi connectivity index (χ0n) is 17.1. The summed E-state index contributed by atoms with van der Waals surface area (Å²) in [6.07, 6.45) is 2.99. The Morgan fingerprint density at radius 2 is 1.90 bits per heavy atom. The van der Waals surface area contributed by atoms with Crippen molar-refractivity contribution in [2.24, 2.45) is 0 Å². The van der Waals surface area contributed by atoms with Gasteiger partial charge in [0, 0.05) is 52.0 Å². The molecule has 1 aliphatic rings. The number of amides is 1. The molecule has 4 rings (SSSR count). The van der Waals surface area contributed by atoms with Crippen LogP contribution in [0.1, 0.15) is 23.0 Å². The zero-order chi connectivity index (χ0) is 21.8. The fourth-order valence-electron chi connectivity index (χ4n) is 3.38. The lowest BCUT2D eigenvalue weighted by Crippen LogP contribution is -2.49. The Bertz CT molecular complexity index is 1090. The van der Waals surface area contributed by atoms with Gasteiger partial charge in [-0.2, -0.15) is 9.78 Å². The van der Waals surface area contributed by atoms with Gasteiger partial charge in [0.05, 0.1) is 0 Å². The lowest BCUT2D eigenvalue weighted by molar-refractivity contribution is 0.101. The second-order valence-electron chi connectivity index (χ2n) is 7.29. The first kappa shape index (κ1) is 20.7. The molecule has 1 saturated heterocycles. The van der Waals surface area contributed by atoms with Gasteiger partial charge in [0.25, 0.3) is 5.88 Å². The SMILES string of the molecule is CC(=O)c1ccn(C(=O)N2CCN(Cc3cccc(Oc4ncccc4F)c3)CC2)n1. The number of Topliss-reactive ketones (excluding diaryl/α,β-unsaturated/α-hetero) is 1. The first-order chi connectivity index (χ1) is 15.0. The third-order valence-electron chi connectivity index (χ3n) is 5.03. The second-order valence-corrected chi connectivity index (χ2v) is 7.29. The number of piperazine rings is 1. The van der Waals surface area contributed by atoms with E-state index in [9.17, 15) is 14.0 Å². The average Bonchev–Trinajstić information content (AvgIpc) is 3.27. The molecule has 0 aliphatic carbocycles. The number of carbonyl (C=O) groups is 2. The Morgan fingerprint density at radius 1 is 1.10 bits per heavy atom. The van der Waals surface area contributed by atoms with E-state index in [1.54, 1.807) is 17.0 Å². The summed E-state index contributed by atoms with van der Waals surface area (Å²) in [4.78, 5) is 31.8. The number of carbonyl (C=O) groups excluding carboxylic acids is 2. The standard InChI is InChI=1S/C22H22FN5O3/c1-16(29)20-7-9-28(25-20)22(30)27-12-10-26(11-13-27)15-17-4-2-5-18(14-17)31-21-19(23)6-3-8-24-21/h2-9,14H,10-13,15H2,1H3. The Morgan fingerprint density at radius 3 is 2.61 bits per heavy atom. The summed E-state index contributed by atoms with van der Waals surface area (Å²) < 4.78 is 20.5. The highest BCUT2D eigenvalue weighted by atomic mass is 19.1. The van der Waals surface area contributed by atoms with E-state index in [-0.39, 0.29) is 23.4 Å². The van der Waals surface area contributed by atoms with Crippen LogP contribution in [0.4, 0.5) is 9.18 Å². The van der Waals surface area contributed by atoms with Gasteiger partial charge >= 0.3 is 6.03 Å². The normalized spacial score (nSPS) is 14.5. The molecule has 1 amide bonds. The number of rotatable bonds is 5. The minimum absolute atomic E-state index is 0.0571. The highest BCUT2D eigenvalue weighted by molar-refractivity contribution is 5.92. The van der Waals surface area contributed by atoms with Gasteiger partial charge < -0.3 is 9.64 Å². The number of ketones is 1. The number of hydrogen-bond acceptors (Lipinski definition) is 6. The maximum atomic E-state index is 13.8. The van der Waals surface area contributed by atoms with Crippen molar-refractivity contribution >= 4 is 11.8 Å². The predicted octanol–water partition coefficient (Wildman–Crippen LogP) is 3.20. The topological polar surface area (TPSA) is 80.6 Å². The summed E-state index contributed by atoms with van der Waals surface area (Å²) in [6.45, 7) is 4.62. The molecule has 9 heteroatoms. The summed E-state index contributed by atoms with van der Waals surface area (Å²) in [5.41, 5.74) is 1.30. The van der Waals surface area contributed by atoms with Gasteiger partial charge in [0.15, 0.2) is 11.6 Å². The Balaban J connectivity index is 1.33. The first-order valence-electron chi connectivity index (χ1n) is 9.95. The average molecular weight is 423 g/mol. The van der Waals surface area contributed by atoms with Crippen LogP contribution in [0.2, 0.25) is 0 Å². The van der Waals surface area contributed by atoms with Crippen molar-refractivity contribution in [1.82, 2.24) is 24.6 Å². The van der Waals surface area contributed by atoms with Crippen LogP contribution < -0.4 is 4.74 Å². The van der Waals surface area contributed by atoms with Gasteiger partial charge in [-0.3, -0.25) is 9.69 Å². The predicted molar refractivity (Wildman–Crippen MR) is 111 cm³/mol. The molecule has 0 saturated carbocycles. The van der Waals surface area contributed by atoms with E-state index < -0.39 is 5.82 Å². The van der Waals surface area contributed by atoms with Crippen LogP contribution >= 0.6 is 0 Å². The summed E-state index contributed by atoms with van der Waals surface area (Å²) in [7, 11) is 0. The zero-order valence-corrected chi connectivity index (χ0v) is 17.1. The van der Waals surface area contributed by atoms with Crippen molar-refractivity contribution in [3.8, 4) is 11.6 Å². The number of ether oxygens (including phenoxy) is 1. The molecule has 3 heterocycles. The summed E-state index contributed by atoms with van der Waals surface area (Å²) >= 11 is 0. The van der Waals surface area contributed by atoms with Crippen LogP contribution in [0.25, 0.3) is 0 Å². The van der Waals surface area contributed by atoms with Gasteiger partial charge in [-0.25, -0.2) is 14.2 Å². The van der Waals surface area contributed by atoms with E-state index in [0.29, 0.717) is 38.5 Å². The smallest absolute Gasteiger partial charge is 0.344 e. The van der Waals surface area contributed by atoms with E-state index in [1.165, 1.54) is 36.1 Å². The Labute approximate surface area is 178 Å². The summed E-state index contributed by atoms with van der Waals surface area (Å²) in [6, 6.07) is 11.6. The molecule has 31 heavy (non-hydrogen) atoms. The minimum Gasteiger partial charge on any atom is -0.436 e. The van der Waals surface area contributed by atoms with Gasteiger partial charge in [-0.1, -0.05) is 12.1 Å². The molecule has 0 spiro atoms. The summed E-state index contributed by atoms with van der Waals surface area (Å²) in [5, 5.41) is 4.04. The minimum atomic E-state index is -0.513. The fraction of sp³-hybridized carbons (Fsp3) is 0.273. The quantitative estimate of drug-likeness (QED) is 0.587. The molecule has 160 valence electrons. The van der Waals surface area contributed by atoms with Gasteiger partial charge in [-0.15, -0.1) is 0 Å². The van der Waals surface area contributed by atoms with Crippen LogP contribution in [0.5, 0.6) is 11.6 Å². The number of halogens is 1. The van der Waals surface area contributed by atoms with Crippen molar-refractivity contribution < 1.29 is 18.7 Å². The molecule has 1 fully saturated rings. The third-order valence-corrected chi connectivity index (χ3v) is 5.03. The van der Waals surface area contributed by atoms with E-state index in [0.717, 1.165) is 5.56 Å². The lowest BCUT2D eigenvalue weighted by atomic mass is 10.2. The Hall–Kier alpha value is -3.59. The molecule has 0 N–H and O–H groups in total. The maximum absolute atomic E-state index is 13.8. The van der Waals surface area contributed by atoms with Crippen LogP contribution in [-0.4, -0.2) is 62.6 Å². The molecule has 1 aliphatic heterocycles. The van der Waals surface area contributed by atoms with Crippen LogP contribution in [0, 0.1) is 5.82 Å². The molecule has 1 aromatic carbocycles. The van der Waals surface area contributed by atoms with Crippen LogP contribution in [0.15, 0.2) is 54.9 Å². The molecular weight excluding hydrogens is 401 g/mol. The number of aromatic nitrogens is 3. The third kappa shape index (κ3) is 4.95. The first-order valence-corrected chi connectivity index (χ1v) is 9.95. The lowest BCUT2D eigenvalue weighted by Gasteiger charge is -2.34. The Kier molecular flexibility index (Phi) is 6.03. The van der Waals surface area contributed by atoms with Gasteiger partial charge in [-0.05, 0) is 35.9 Å².